The summed E-state index contributed by atoms with van der Waals surface area (Å²) in [6, 6.07) is 2.15. The zero-order chi connectivity index (χ0) is 13.0. The molecule has 0 atom stereocenters. The van der Waals surface area contributed by atoms with E-state index in [1.54, 1.807) is 11.3 Å². The smallest absolute Gasteiger partial charge is 0.104 e. The van der Waals surface area contributed by atoms with Crippen molar-refractivity contribution in [3.05, 3.63) is 21.9 Å². The molecule has 1 aromatic heterocycles. The van der Waals surface area contributed by atoms with Gasteiger partial charge in [0, 0.05) is 28.9 Å². The Morgan fingerprint density at radius 1 is 1.50 bits per heavy atom. The van der Waals surface area contributed by atoms with Crippen LogP contribution in [0.2, 0.25) is 0 Å². The number of piperidine rings is 1. The van der Waals surface area contributed by atoms with E-state index in [1.165, 1.54) is 30.8 Å². The van der Waals surface area contributed by atoms with Gasteiger partial charge in [-0.25, -0.2) is 0 Å². The Labute approximate surface area is 114 Å². The van der Waals surface area contributed by atoms with E-state index in [0.717, 1.165) is 12.1 Å². The van der Waals surface area contributed by atoms with Crippen LogP contribution in [0.5, 0.6) is 0 Å². The number of thiophene rings is 1. The Balaban J connectivity index is 1.95. The lowest BCUT2D eigenvalue weighted by atomic mass is 9.84. The minimum absolute atomic E-state index is 0.0640. The van der Waals surface area contributed by atoms with Crippen LogP contribution in [0.3, 0.4) is 0 Å². The molecule has 3 heteroatoms. The molecule has 0 unspecified atom stereocenters. The molecule has 0 aromatic carbocycles. The number of hydrogen-bond acceptors (Lipinski definition) is 3. The standard InChI is InChI=1S/C15H21NOS/c1-15(2)6-4-7-16(12-15)10-14-9-13(11-18-14)5-3-8-17/h9,11,17H,4,6-8,10,12H2,1-2H3. The maximum Gasteiger partial charge on any atom is 0.104 e. The summed E-state index contributed by atoms with van der Waals surface area (Å²) in [6.07, 6.45) is 2.64. The number of likely N-dealkylation sites (tertiary alicyclic amines) is 1. The van der Waals surface area contributed by atoms with Crippen LogP contribution in [-0.2, 0) is 6.54 Å². The van der Waals surface area contributed by atoms with E-state index in [2.05, 4.69) is 42.0 Å². The van der Waals surface area contributed by atoms with Crippen molar-refractivity contribution >= 4 is 11.3 Å². The van der Waals surface area contributed by atoms with Gasteiger partial charge in [0.25, 0.3) is 0 Å². The number of rotatable bonds is 2. The van der Waals surface area contributed by atoms with Gasteiger partial charge in [-0.05, 0) is 30.9 Å². The van der Waals surface area contributed by atoms with Crippen LogP contribution in [0.25, 0.3) is 0 Å². The maximum absolute atomic E-state index is 8.67. The van der Waals surface area contributed by atoms with E-state index >= 15 is 0 Å². The predicted molar refractivity (Wildman–Crippen MR) is 76.6 cm³/mol. The fourth-order valence-corrected chi connectivity index (χ4v) is 3.43. The molecule has 2 nitrogen and oxygen atoms in total. The third-order valence-electron chi connectivity index (χ3n) is 3.32. The van der Waals surface area contributed by atoms with Gasteiger partial charge in [0.1, 0.15) is 6.61 Å². The van der Waals surface area contributed by atoms with E-state index in [-0.39, 0.29) is 6.61 Å². The summed E-state index contributed by atoms with van der Waals surface area (Å²) in [6.45, 7) is 8.07. The SMILES string of the molecule is CC1(C)CCCN(Cc2cc(C#CCO)cs2)C1. The van der Waals surface area contributed by atoms with Crippen molar-refractivity contribution in [3.8, 4) is 11.8 Å². The molecule has 1 aliphatic rings. The molecule has 0 radical (unpaired) electrons. The van der Waals surface area contributed by atoms with Crippen LogP contribution in [0.4, 0.5) is 0 Å². The Kier molecular flexibility index (Phi) is 4.45. The minimum Gasteiger partial charge on any atom is -0.384 e. The number of nitrogens with zero attached hydrogens (tertiary/aromatic N) is 1. The first-order valence-corrected chi connectivity index (χ1v) is 7.36. The second kappa shape index (κ2) is 5.88. The van der Waals surface area contributed by atoms with E-state index in [1.807, 2.05) is 0 Å². The fraction of sp³-hybridized carbons (Fsp3) is 0.600. The number of aliphatic hydroxyl groups is 1. The summed E-state index contributed by atoms with van der Waals surface area (Å²) < 4.78 is 0. The Bertz CT molecular complexity index is 453. The van der Waals surface area contributed by atoms with Crippen LogP contribution in [-0.4, -0.2) is 29.7 Å². The molecule has 0 saturated carbocycles. The third kappa shape index (κ3) is 3.84. The molecule has 0 amide bonds. The molecule has 1 N–H and O–H groups in total. The fourth-order valence-electron chi connectivity index (χ4n) is 2.57. The van der Waals surface area contributed by atoms with E-state index in [4.69, 9.17) is 5.11 Å². The normalized spacial score (nSPS) is 19.3. The average molecular weight is 263 g/mol. The molecule has 1 fully saturated rings. The van der Waals surface area contributed by atoms with Gasteiger partial charge in [-0.1, -0.05) is 25.7 Å². The van der Waals surface area contributed by atoms with Crippen molar-refractivity contribution in [2.75, 3.05) is 19.7 Å². The van der Waals surface area contributed by atoms with Gasteiger partial charge in [-0.2, -0.15) is 0 Å². The van der Waals surface area contributed by atoms with Crippen LogP contribution >= 0.6 is 11.3 Å². The maximum atomic E-state index is 8.67. The molecular weight excluding hydrogens is 242 g/mol. The van der Waals surface area contributed by atoms with Gasteiger partial charge in [0.05, 0.1) is 0 Å². The Morgan fingerprint density at radius 3 is 3.06 bits per heavy atom. The lowest BCUT2D eigenvalue weighted by Crippen LogP contribution is -2.39. The predicted octanol–water partition coefficient (Wildman–Crippen LogP) is 2.71. The van der Waals surface area contributed by atoms with Crippen molar-refractivity contribution in [2.24, 2.45) is 5.41 Å². The second-order valence-electron chi connectivity index (χ2n) is 5.74. The second-order valence-corrected chi connectivity index (χ2v) is 6.74. The first-order valence-electron chi connectivity index (χ1n) is 6.48. The van der Waals surface area contributed by atoms with Crippen LogP contribution < -0.4 is 0 Å². The lowest BCUT2D eigenvalue weighted by molar-refractivity contribution is 0.112. The molecular formula is C15H21NOS. The minimum atomic E-state index is -0.0640. The van der Waals surface area contributed by atoms with Crippen molar-refractivity contribution < 1.29 is 5.11 Å². The highest BCUT2D eigenvalue weighted by atomic mass is 32.1. The lowest BCUT2D eigenvalue weighted by Gasteiger charge is -2.37. The zero-order valence-electron chi connectivity index (χ0n) is 11.2. The van der Waals surface area contributed by atoms with E-state index in [9.17, 15) is 0 Å². The van der Waals surface area contributed by atoms with Gasteiger partial charge in [-0.3, -0.25) is 4.90 Å². The Morgan fingerprint density at radius 2 is 2.33 bits per heavy atom. The van der Waals surface area contributed by atoms with Crippen LogP contribution in [0.1, 0.15) is 37.1 Å². The van der Waals surface area contributed by atoms with E-state index < -0.39 is 0 Å². The molecule has 0 bridgehead atoms. The van der Waals surface area contributed by atoms with E-state index in [0.29, 0.717) is 5.41 Å². The highest BCUT2D eigenvalue weighted by Gasteiger charge is 2.26. The molecule has 2 rings (SSSR count). The Hall–Kier alpha value is -0.820. The first-order chi connectivity index (χ1) is 8.59. The average Bonchev–Trinajstić information content (AvgIpc) is 2.73. The molecule has 0 aliphatic carbocycles. The van der Waals surface area contributed by atoms with Crippen molar-refractivity contribution in [3.63, 3.8) is 0 Å². The van der Waals surface area contributed by atoms with Gasteiger partial charge in [0.2, 0.25) is 0 Å². The number of hydrogen-bond donors (Lipinski definition) is 1. The first kappa shape index (κ1) is 13.6. The number of aliphatic hydroxyl groups excluding tert-OH is 1. The van der Waals surface area contributed by atoms with Crippen LogP contribution in [0, 0.1) is 17.3 Å². The third-order valence-corrected chi connectivity index (χ3v) is 4.25. The molecule has 1 aliphatic heterocycles. The summed E-state index contributed by atoms with van der Waals surface area (Å²) in [5.74, 6) is 5.65. The van der Waals surface area contributed by atoms with Crippen molar-refractivity contribution in [1.29, 1.82) is 0 Å². The molecule has 2 heterocycles. The van der Waals surface area contributed by atoms with Crippen molar-refractivity contribution in [2.45, 2.75) is 33.2 Å². The molecule has 1 aromatic rings. The van der Waals surface area contributed by atoms with Gasteiger partial charge >= 0.3 is 0 Å². The van der Waals surface area contributed by atoms with Gasteiger partial charge in [0.15, 0.2) is 0 Å². The molecule has 1 saturated heterocycles. The largest absolute Gasteiger partial charge is 0.384 e. The summed E-state index contributed by atoms with van der Waals surface area (Å²) in [7, 11) is 0. The highest BCUT2D eigenvalue weighted by Crippen LogP contribution is 2.29. The highest BCUT2D eigenvalue weighted by molar-refractivity contribution is 7.10. The summed E-state index contributed by atoms with van der Waals surface area (Å²) in [5.41, 5.74) is 1.48. The molecule has 0 spiro atoms. The molecule has 18 heavy (non-hydrogen) atoms. The van der Waals surface area contributed by atoms with Gasteiger partial charge in [-0.15, -0.1) is 11.3 Å². The van der Waals surface area contributed by atoms with Crippen LogP contribution in [0.15, 0.2) is 11.4 Å². The zero-order valence-corrected chi connectivity index (χ0v) is 12.0. The summed E-state index contributed by atoms with van der Waals surface area (Å²) in [5, 5.41) is 10.8. The summed E-state index contributed by atoms with van der Waals surface area (Å²) >= 11 is 1.77. The van der Waals surface area contributed by atoms with Crippen molar-refractivity contribution in [1.82, 2.24) is 4.90 Å². The van der Waals surface area contributed by atoms with Gasteiger partial charge < -0.3 is 5.11 Å². The monoisotopic (exact) mass is 263 g/mol. The topological polar surface area (TPSA) is 23.5 Å². The summed E-state index contributed by atoms with van der Waals surface area (Å²) in [4.78, 5) is 3.91. The molecule has 98 valence electrons. The quantitative estimate of drug-likeness (QED) is 0.829.